The maximum Gasteiger partial charge on any atom is 0.137 e. The van der Waals surface area contributed by atoms with E-state index in [9.17, 15) is 10.2 Å². The molecule has 0 aliphatic heterocycles. The minimum atomic E-state index is 0.0501. The number of hydrogen-bond donors (Lipinski definition) is 2. The van der Waals surface area contributed by atoms with Crippen LogP contribution in [-0.4, -0.2) is 47.5 Å². The Bertz CT molecular complexity index is 690. The number of nitrogens with zero attached hydrogens (tertiary/aromatic N) is 1. The first-order valence-corrected chi connectivity index (χ1v) is 9.29. The Hall–Kier alpha value is -2.46. The number of benzene rings is 2. The van der Waals surface area contributed by atoms with Gasteiger partial charge in [-0.05, 0) is 56.2 Å². The number of hydrogen-bond acceptors (Lipinski definition) is 3. The minimum Gasteiger partial charge on any atom is -0.508 e. The molecule has 2 aromatic carbocycles. The van der Waals surface area contributed by atoms with Gasteiger partial charge in [-0.2, -0.15) is 0 Å². The molecule has 2 aromatic rings. The molecule has 0 heterocycles. The maximum atomic E-state index is 9.51. The number of rotatable bonds is 9. The lowest BCUT2D eigenvalue weighted by molar-refractivity contribution is -0.923. The van der Waals surface area contributed by atoms with Crippen LogP contribution >= 0.6 is 0 Å². The van der Waals surface area contributed by atoms with Crippen LogP contribution in [0.4, 0.5) is 0 Å². The predicted octanol–water partition coefficient (Wildman–Crippen LogP) is 4.52. The zero-order chi connectivity index (χ0) is 19.0. The minimum absolute atomic E-state index is 0.0501. The molecule has 4 nitrogen and oxygen atoms in total. The third-order valence-corrected chi connectivity index (χ3v) is 5.12. The zero-order valence-electron chi connectivity index (χ0n) is 16.0. The second kappa shape index (κ2) is 9.30. The average Bonchev–Trinajstić information content (AvgIpc) is 2.64. The highest BCUT2D eigenvalue weighted by atomic mass is 16.5. The molecule has 0 amide bonds. The molecule has 0 aliphatic carbocycles. The molecule has 0 bridgehead atoms. The van der Waals surface area contributed by atoms with Gasteiger partial charge in [-0.3, -0.25) is 0 Å². The molecule has 0 saturated heterocycles. The molecule has 2 N–H and O–H groups in total. The van der Waals surface area contributed by atoms with Crippen molar-refractivity contribution < 1.29 is 19.4 Å². The number of phenolic OH excluding ortho intramolecular Hbond substituents is 2. The largest absolute Gasteiger partial charge is 0.508 e. The predicted molar refractivity (Wildman–Crippen MR) is 107 cm³/mol. The number of aromatic hydroxyl groups is 2. The molecule has 0 saturated carbocycles. The van der Waals surface area contributed by atoms with Crippen LogP contribution in [0.15, 0.2) is 42.5 Å². The normalized spacial score (nSPS) is 11.8. The lowest BCUT2D eigenvalue weighted by Crippen LogP contribution is -2.49. The fourth-order valence-corrected chi connectivity index (χ4v) is 3.08. The van der Waals surface area contributed by atoms with Crippen molar-refractivity contribution in [3.8, 4) is 17.2 Å². The third kappa shape index (κ3) is 5.53. The molecule has 0 radical (unpaired) electrons. The second-order valence-electron chi connectivity index (χ2n) is 6.55. The molecule has 0 aliphatic rings. The van der Waals surface area contributed by atoms with Crippen molar-refractivity contribution >= 4 is 12.2 Å². The molecule has 2 rings (SSSR count). The van der Waals surface area contributed by atoms with E-state index >= 15 is 0 Å². The second-order valence-corrected chi connectivity index (χ2v) is 6.55. The molecule has 0 atom stereocenters. The summed E-state index contributed by atoms with van der Waals surface area (Å²) in [7, 11) is 0. The van der Waals surface area contributed by atoms with Crippen LogP contribution < -0.4 is 4.74 Å². The quantitative estimate of drug-likeness (QED) is 0.513. The summed E-state index contributed by atoms with van der Waals surface area (Å²) in [4.78, 5) is 0. The van der Waals surface area contributed by atoms with Crippen LogP contribution in [0.1, 0.15) is 31.9 Å². The summed E-state index contributed by atoms with van der Waals surface area (Å²) < 4.78 is 6.99. The van der Waals surface area contributed by atoms with Crippen molar-refractivity contribution in [1.82, 2.24) is 0 Å². The van der Waals surface area contributed by atoms with Gasteiger partial charge >= 0.3 is 0 Å². The summed E-state index contributed by atoms with van der Waals surface area (Å²) in [5.74, 6) is 0.974. The van der Waals surface area contributed by atoms with Crippen LogP contribution in [0, 0.1) is 0 Å². The van der Waals surface area contributed by atoms with Crippen LogP contribution in [0.3, 0.4) is 0 Å². The van der Waals surface area contributed by atoms with Gasteiger partial charge in [0.1, 0.15) is 30.4 Å². The number of ether oxygens (including phenoxy) is 1. The third-order valence-electron chi connectivity index (χ3n) is 5.12. The number of likely N-dealkylation sites (N-methyl/N-ethyl adjacent to an activating group) is 1. The van der Waals surface area contributed by atoms with E-state index in [1.807, 2.05) is 36.4 Å². The average molecular weight is 356 g/mol. The van der Waals surface area contributed by atoms with Crippen molar-refractivity contribution in [3.05, 3.63) is 53.6 Å². The molecule has 0 fully saturated rings. The van der Waals surface area contributed by atoms with Crippen molar-refractivity contribution in [1.29, 1.82) is 0 Å². The van der Waals surface area contributed by atoms with E-state index in [1.165, 1.54) is 6.07 Å². The standard InChI is InChI=1S/C22H29NO3/c1-4-23(5-2,6-3)13-14-26-22-11-9-18(10-12-22)7-8-19-15-20(24)17-21(25)16-19/h7-12,15-17H,4-6,13-14H2,1-3H3,(H-,24,25)/p+1/b8-7+. The van der Waals surface area contributed by atoms with Gasteiger partial charge < -0.3 is 19.4 Å². The highest BCUT2D eigenvalue weighted by molar-refractivity contribution is 5.71. The molecule has 0 spiro atoms. The molecular formula is C22H30NO3+. The van der Waals surface area contributed by atoms with Crippen LogP contribution in [-0.2, 0) is 0 Å². The van der Waals surface area contributed by atoms with E-state index in [0.29, 0.717) is 6.61 Å². The molecule has 26 heavy (non-hydrogen) atoms. The first-order valence-electron chi connectivity index (χ1n) is 9.29. The van der Waals surface area contributed by atoms with Crippen LogP contribution in [0.25, 0.3) is 12.2 Å². The maximum absolute atomic E-state index is 9.51. The Balaban J connectivity index is 1.92. The fourth-order valence-electron chi connectivity index (χ4n) is 3.08. The van der Waals surface area contributed by atoms with Crippen molar-refractivity contribution in [2.75, 3.05) is 32.8 Å². The Kier molecular flexibility index (Phi) is 7.10. The van der Waals surface area contributed by atoms with Crippen LogP contribution in [0.2, 0.25) is 0 Å². The van der Waals surface area contributed by atoms with E-state index in [1.54, 1.807) is 12.1 Å². The first kappa shape index (κ1) is 19.9. The van der Waals surface area contributed by atoms with E-state index in [2.05, 4.69) is 20.8 Å². The van der Waals surface area contributed by atoms with Gasteiger partial charge in [-0.1, -0.05) is 24.3 Å². The Labute approximate surface area is 156 Å². The van der Waals surface area contributed by atoms with Crippen molar-refractivity contribution in [3.63, 3.8) is 0 Å². The summed E-state index contributed by atoms with van der Waals surface area (Å²) in [6.45, 7) is 11.8. The smallest absolute Gasteiger partial charge is 0.137 e. The summed E-state index contributed by atoms with van der Waals surface area (Å²) in [5.41, 5.74) is 1.77. The SMILES string of the molecule is CC[N+](CC)(CC)CCOc1ccc(/C=C/c2cc(O)cc(O)c2)cc1. The fraction of sp³-hybridized carbons (Fsp3) is 0.364. The van der Waals surface area contributed by atoms with Gasteiger partial charge in [-0.15, -0.1) is 0 Å². The van der Waals surface area contributed by atoms with Gasteiger partial charge in [0.2, 0.25) is 0 Å². The summed E-state index contributed by atoms with van der Waals surface area (Å²) in [6, 6.07) is 12.5. The first-order chi connectivity index (χ1) is 12.5. The van der Waals surface area contributed by atoms with Crippen LogP contribution in [0.5, 0.6) is 17.2 Å². The Morgan fingerprint density at radius 3 is 1.88 bits per heavy atom. The lowest BCUT2D eigenvalue weighted by atomic mass is 10.1. The lowest BCUT2D eigenvalue weighted by Gasteiger charge is -2.35. The number of phenols is 2. The summed E-state index contributed by atoms with van der Waals surface area (Å²) in [6.07, 6.45) is 3.79. The van der Waals surface area contributed by atoms with Gasteiger partial charge in [0.05, 0.1) is 19.6 Å². The highest BCUT2D eigenvalue weighted by Gasteiger charge is 2.20. The molecule has 0 aromatic heterocycles. The monoisotopic (exact) mass is 356 g/mol. The van der Waals surface area contributed by atoms with Gasteiger partial charge in [-0.25, -0.2) is 0 Å². The van der Waals surface area contributed by atoms with E-state index < -0.39 is 0 Å². The zero-order valence-corrected chi connectivity index (χ0v) is 16.0. The molecular weight excluding hydrogens is 326 g/mol. The van der Waals surface area contributed by atoms with Crippen molar-refractivity contribution in [2.45, 2.75) is 20.8 Å². The van der Waals surface area contributed by atoms with Crippen molar-refractivity contribution in [2.24, 2.45) is 0 Å². The van der Waals surface area contributed by atoms with E-state index in [4.69, 9.17) is 4.74 Å². The van der Waals surface area contributed by atoms with Gasteiger partial charge in [0, 0.05) is 6.07 Å². The molecule has 140 valence electrons. The summed E-state index contributed by atoms with van der Waals surface area (Å²) >= 11 is 0. The molecule has 4 heteroatoms. The number of quaternary nitrogens is 1. The Morgan fingerprint density at radius 2 is 1.35 bits per heavy atom. The Morgan fingerprint density at radius 1 is 0.808 bits per heavy atom. The van der Waals surface area contributed by atoms with Gasteiger partial charge in [0.25, 0.3) is 0 Å². The van der Waals surface area contributed by atoms with E-state index in [-0.39, 0.29) is 11.5 Å². The molecule has 0 unspecified atom stereocenters. The topological polar surface area (TPSA) is 49.7 Å². The van der Waals surface area contributed by atoms with E-state index in [0.717, 1.165) is 47.5 Å². The highest BCUT2D eigenvalue weighted by Crippen LogP contribution is 2.22. The van der Waals surface area contributed by atoms with Gasteiger partial charge in [0.15, 0.2) is 0 Å². The summed E-state index contributed by atoms with van der Waals surface area (Å²) in [5, 5.41) is 19.0.